The fourth-order valence-corrected chi connectivity index (χ4v) is 3.15. The van der Waals surface area contributed by atoms with E-state index >= 15 is 0 Å². The number of likely N-dealkylation sites (tertiary alicyclic amines) is 1. The number of rotatable bonds is 5. The SMILES string of the molecule is NC(=O)[C@H]1CCCCN1C(=O)CSc1nnc(-c2ccco2)o1. The Morgan fingerprint density at radius 1 is 1.39 bits per heavy atom. The highest BCUT2D eigenvalue weighted by Gasteiger charge is 2.30. The Morgan fingerprint density at radius 3 is 3.00 bits per heavy atom. The third-order valence-corrected chi connectivity index (χ3v) is 4.41. The molecule has 3 heterocycles. The van der Waals surface area contributed by atoms with Crippen LogP contribution in [0, 0.1) is 0 Å². The molecular formula is C14H16N4O4S. The van der Waals surface area contributed by atoms with E-state index in [-0.39, 0.29) is 22.8 Å². The highest BCUT2D eigenvalue weighted by molar-refractivity contribution is 7.99. The third kappa shape index (κ3) is 3.55. The summed E-state index contributed by atoms with van der Waals surface area (Å²) in [6.45, 7) is 0.550. The molecule has 3 rings (SSSR count). The number of carbonyl (C=O) groups is 2. The Hall–Kier alpha value is -2.29. The summed E-state index contributed by atoms with van der Waals surface area (Å²) in [6.07, 6.45) is 3.91. The third-order valence-electron chi connectivity index (χ3n) is 3.61. The predicted molar refractivity (Wildman–Crippen MR) is 81.3 cm³/mol. The number of primary amides is 1. The first kappa shape index (κ1) is 15.6. The normalized spacial score (nSPS) is 18.1. The van der Waals surface area contributed by atoms with Crippen LogP contribution in [-0.4, -0.2) is 45.3 Å². The van der Waals surface area contributed by atoms with Gasteiger partial charge in [-0.3, -0.25) is 9.59 Å². The van der Waals surface area contributed by atoms with E-state index in [1.807, 2.05) is 0 Å². The zero-order chi connectivity index (χ0) is 16.2. The fourth-order valence-electron chi connectivity index (χ4n) is 2.50. The Balaban J connectivity index is 1.59. The summed E-state index contributed by atoms with van der Waals surface area (Å²) in [5.74, 6) is 0.236. The topological polar surface area (TPSA) is 115 Å². The lowest BCUT2D eigenvalue weighted by atomic mass is 10.0. The van der Waals surface area contributed by atoms with Crippen LogP contribution in [0.4, 0.5) is 0 Å². The van der Waals surface area contributed by atoms with Crippen molar-refractivity contribution in [3.05, 3.63) is 18.4 Å². The molecule has 9 heteroatoms. The number of hydrogen-bond acceptors (Lipinski definition) is 7. The predicted octanol–water partition coefficient (Wildman–Crippen LogP) is 1.29. The number of nitrogens with zero attached hydrogens (tertiary/aromatic N) is 3. The molecule has 1 atom stereocenters. The van der Waals surface area contributed by atoms with Gasteiger partial charge in [0.15, 0.2) is 5.76 Å². The van der Waals surface area contributed by atoms with Crippen molar-refractivity contribution in [2.75, 3.05) is 12.3 Å². The summed E-state index contributed by atoms with van der Waals surface area (Å²) in [5, 5.41) is 8.00. The number of aromatic nitrogens is 2. The average molecular weight is 336 g/mol. The van der Waals surface area contributed by atoms with Crippen molar-refractivity contribution in [3.63, 3.8) is 0 Å². The average Bonchev–Trinajstić information content (AvgIpc) is 3.23. The van der Waals surface area contributed by atoms with E-state index in [9.17, 15) is 9.59 Å². The minimum atomic E-state index is -0.516. The Kier molecular flexibility index (Phi) is 4.65. The number of amides is 2. The Labute approximate surface area is 136 Å². The fraction of sp³-hybridized carbons (Fsp3) is 0.429. The van der Waals surface area contributed by atoms with Gasteiger partial charge in [-0.15, -0.1) is 10.2 Å². The summed E-state index contributed by atoms with van der Waals surface area (Å²) in [5.41, 5.74) is 5.37. The molecule has 1 aliphatic rings. The van der Waals surface area contributed by atoms with Crippen molar-refractivity contribution in [2.24, 2.45) is 5.73 Å². The van der Waals surface area contributed by atoms with Gasteiger partial charge >= 0.3 is 0 Å². The van der Waals surface area contributed by atoms with Gasteiger partial charge in [0.25, 0.3) is 11.1 Å². The van der Waals surface area contributed by atoms with E-state index in [2.05, 4.69) is 10.2 Å². The molecule has 0 spiro atoms. The smallest absolute Gasteiger partial charge is 0.284 e. The van der Waals surface area contributed by atoms with Gasteiger partial charge in [-0.25, -0.2) is 0 Å². The summed E-state index contributed by atoms with van der Waals surface area (Å²) in [6, 6.07) is 2.91. The van der Waals surface area contributed by atoms with Crippen LogP contribution < -0.4 is 5.73 Å². The highest BCUT2D eigenvalue weighted by Crippen LogP contribution is 2.24. The zero-order valence-electron chi connectivity index (χ0n) is 12.3. The van der Waals surface area contributed by atoms with Crippen LogP contribution in [0.1, 0.15) is 19.3 Å². The first-order valence-electron chi connectivity index (χ1n) is 7.24. The van der Waals surface area contributed by atoms with Crippen LogP contribution in [0.3, 0.4) is 0 Å². The van der Waals surface area contributed by atoms with Crippen LogP contribution in [0.2, 0.25) is 0 Å². The van der Waals surface area contributed by atoms with Gasteiger partial charge in [0.1, 0.15) is 6.04 Å². The van der Waals surface area contributed by atoms with Crippen molar-refractivity contribution in [2.45, 2.75) is 30.5 Å². The van der Waals surface area contributed by atoms with Gasteiger partial charge in [-0.1, -0.05) is 11.8 Å². The number of hydrogen-bond donors (Lipinski definition) is 1. The van der Waals surface area contributed by atoms with Crippen molar-refractivity contribution in [1.29, 1.82) is 0 Å². The second-order valence-electron chi connectivity index (χ2n) is 5.14. The largest absolute Gasteiger partial charge is 0.459 e. The number of furan rings is 1. The molecule has 0 saturated carbocycles. The van der Waals surface area contributed by atoms with Gasteiger partial charge < -0.3 is 19.5 Å². The lowest BCUT2D eigenvalue weighted by molar-refractivity contribution is -0.138. The molecule has 2 N–H and O–H groups in total. The molecule has 0 bridgehead atoms. The molecule has 0 unspecified atom stereocenters. The second kappa shape index (κ2) is 6.86. The first-order chi connectivity index (χ1) is 11.1. The highest BCUT2D eigenvalue weighted by atomic mass is 32.2. The maximum Gasteiger partial charge on any atom is 0.284 e. The first-order valence-corrected chi connectivity index (χ1v) is 8.22. The lowest BCUT2D eigenvalue weighted by Gasteiger charge is -2.33. The number of thioether (sulfide) groups is 1. The molecule has 23 heavy (non-hydrogen) atoms. The Morgan fingerprint density at radius 2 is 2.26 bits per heavy atom. The van der Waals surface area contributed by atoms with Crippen LogP contribution in [0.25, 0.3) is 11.7 Å². The lowest BCUT2D eigenvalue weighted by Crippen LogP contribution is -2.51. The number of piperidine rings is 1. The van der Waals surface area contributed by atoms with Gasteiger partial charge in [-0.05, 0) is 31.4 Å². The number of nitrogens with two attached hydrogens (primary N) is 1. The van der Waals surface area contributed by atoms with Crippen molar-refractivity contribution < 1.29 is 18.4 Å². The van der Waals surface area contributed by atoms with Crippen LogP contribution in [-0.2, 0) is 9.59 Å². The molecule has 1 saturated heterocycles. The van der Waals surface area contributed by atoms with E-state index in [1.54, 1.807) is 17.0 Å². The molecule has 2 amide bonds. The van der Waals surface area contributed by atoms with E-state index < -0.39 is 11.9 Å². The van der Waals surface area contributed by atoms with Gasteiger partial charge in [0.2, 0.25) is 11.8 Å². The van der Waals surface area contributed by atoms with Gasteiger partial charge in [0, 0.05) is 6.54 Å². The molecule has 122 valence electrons. The van der Waals surface area contributed by atoms with E-state index in [1.165, 1.54) is 6.26 Å². The zero-order valence-corrected chi connectivity index (χ0v) is 13.1. The second-order valence-corrected chi connectivity index (χ2v) is 6.07. The van der Waals surface area contributed by atoms with Crippen LogP contribution >= 0.6 is 11.8 Å². The maximum absolute atomic E-state index is 12.3. The minimum absolute atomic E-state index is 0.115. The minimum Gasteiger partial charge on any atom is -0.459 e. The van der Waals surface area contributed by atoms with Crippen molar-refractivity contribution >= 4 is 23.6 Å². The summed E-state index contributed by atoms with van der Waals surface area (Å²) < 4.78 is 10.6. The van der Waals surface area contributed by atoms with Crippen molar-refractivity contribution in [3.8, 4) is 11.7 Å². The molecule has 0 aromatic carbocycles. The maximum atomic E-state index is 12.3. The summed E-state index contributed by atoms with van der Waals surface area (Å²) >= 11 is 1.13. The van der Waals surface area contributed by atoms with Crippen LogP contribution in [0.5, 0.6) is 0 Å². The monoisotopic (exact) mass is 336 g/mol. The molecule has 1 fully saturated rings. The van der Waals surface area contributed by atoms with E-state index in [0.717, 1.165) is 24.6 Å². The molecule has 1 aliphatic heterocycles. The molecule has 0 aliphatic carbocycles. The van der Waals surface area contributed by atoms with Crippen LogP contribution in [0.15, 0.2) is 32.5 Å². The molecule has 2 aromatic heterocycles. The molecular weight excluding hydrogens is 320 g/mol. The van der Waals surface area contributed by atoms with Gasteiger partial charge in [0.05, 0.1) is 12.0 Å². The molecule has 2 aromatic rings. The van der Waals surface area contributed by atoms with Crippen molar-refractivity contribution in [1.82, 2.24) is 15.1 Å². The standard InChI is InChI=1S/C14H16N4O4S/c15-12(20)9-4-1-2-6-18(9)11(19)8-23-14-17-16-13(22-14)10-5-3-7-21-10/h3,5,7,9H,1-2,4,6,8H2,(H2,15,20)/t9-/m1/s1. The Bertz CT molecular complexity index is 685. The molecule has 0 radical (unpaired) electrons. The summed E-state index contributed by atoms with van der Waals surface area (Å²) in [7, 11) is 0. The number of carbonyl (C=O) groups excluding carboxylic acids is 2. The van der Waals surface area contributed by atoms with Gasteiger partial charge in [-0.2, -0.15) is 0 Å². The van der Waals surface area contributed by atoms with E-state index in [0.29, 0.717) is 18.7 Å². The quantitative estimate of drug-likeness (QED) is 0.818. The van der Waals surface area contributed by atoms with E-state index in [4.69, 9.17) is 14.6 Å². The molecule has 8 nitrogen and oxygen atoms in total. The summed E-state index contributed by atoms with van der Waals surface area (Å²) in [4.78, 5) is 25.3.